The molecule has 74 valence electrons. The van der Waals surface area contributed by atoms with Crippen molar-refractivity contribution in [1.82, 2.24) is 0 Å². The van der Waals surface area contributed by atoms with Crippen LogP contribution in [0, 0.1) is 17.2 Å². The first-order chi connectivity index (χ1) is 6.63. The van der Waals surface area contributed by atoms with Crippen molar-refractivity contribution in [2.75, 3.05) is 0 Å². The fourth-order valence-electron chi connectivity index (χ4n) is 1.45. The minimum atomic E-state index is 0.0859. The SMILES string of the molecule is CC(C)CC(N)c1ccc(C#N)cc1. The minimum absolute atomic E-state index is 0.0859. The Hall–Kier alpha value is -1.33. The van der Waals surface area contributed by atoms with Crippen LogP contribution in [0.4, 0.5) is 0 Å². The molecule has 0 aliphatic carbocycles. The Balaban J connectivity index is 2.72. The van der Waals surface area contributed by atoms with Crippen LogP contribution in [0.15, 0.2) is 24.3 Å². The molecule has 0 heterocycles. The van der Waals surface area contributed by atoms with Gasteiger partial charge in [0.05, 0.1) is 11.6 Å². The second-order valence-electron chi connectivity index (χ2n) is 3.97. The van der Waals surface area contributed by atoms with Gasteiger partial charge in [-0.1, -0.05) is 26.0 Å². The molecule has 0 saturated carbocycles. The van der Waals surface area contributed by atoms with Gasteiger partial charge in [0.15, 0.2) is 0 Å². The smallest absolute Gasteiger partial charge is 0.0991 e. The van der Waals surface area contributed by atoms with Gasteiger partial charge in [0.1, 0.15) is 0 Å². The molecule has 0 aliphatic heterocycles. The Labute approximate surface area is 85.4 Å². The fraction of sp³-hybridized carbons (Fsp3) is 0.417. The largest absolute Gasteiger partial charge is 0.324 e. The lowest BCUT2D eigenvalue weighted by molar-refractivity contribution is 0.510. The summed E-state index contributed by atoms with van der Waals surface area (Å²) in [5.41, 5.74) is 7.80. The van der Waals surface area contributed by atoms with E-state index in [0.29, 0.717) is 11.5 Å². The van der Waals surface area contributed by atoms with E-state index < -0.39 is 0 Å². The van der Waals surface area contributed by atoms with Crippen LogP contribution in [0.1, 0.15) is 37.4 Å². The van der Waals surface area contributed by atoms with Crippen LogP contribution in [-0.2, 0) is 0 Å². The first kappa shape index (κ1) is 10.7. The van der Waals surface area contributed by atoms with Gasteiger partial charge in [-0.15, -0.1) is 0 Å². The Morgan fingerprint density at radius 3 is 2.29 bits per heavy atom. The lowest BCUT2D eigenvalue weighted by Gasteiger charge is -2.14. The first-order valence-corrected chi connectivity index (χ1v) is 4.89. The second-order valence-corrected chi connectivity index (χ2v) is 3.97. The van der Waals surface area contributed by atoms with E-state index >= 15 is 0 Å². The number of nitriles is 1. The Morgan fingerprint density at radius 2 is 1.86 bits per heavy atom. The molecule has 1 aromatic carbocycles. The lowest BCUT2D eigenvalue weighted by atomic mass is 9.97. The van der Waals surface area contributed by atoms with Crippen LogP contribution in [0.5, 0.6) is 0 Å². The maximum atomic E-state index is 8.63. The summed E-state index contributed by atoms with van der Waals surface area (Å²) in [7, 11) is 0. The van der Waals surface area contributed by atoms with Gasteiger partial charge >= 0.3 is 0 Å². The highest BCUT2D eigenvalue weighted by Gasteiger charge is 2.07. The molecule has 2 N–H and O–H groups in total. The van der Waals surface area contributed by atoms with Crippen molar-refractivity contribution >= 4 is 0 Å². The van der Waals surface area contributed by atoms with Gasteiger partial charge < -0.3 is 5.73 Å². The van der Waals surface area contributed by atoms with Gasteiger partial charge in [-0.25, -0.2) is 0 Å². The van der Waals surface area contributed by atoms with Crippen molar-refractivity contribution in [2.45, 2.75) is 26.3 Å². The van der Waals surface area contributed by atoms with Crippen LogP contribution >= 0.6 is 0 Å². The first-order valence-electron chi connectivity index (χ1n) is 4.89. The molecule has 0 fully saturated rings. The van der Waals surface area contributed by atoms with Gasteiger partial charge in [0, 0.05) is 6.04 Å². The molecule has 14 heavy (non-hydrogen) atoms. The van der Waals surface area contributed by atoms with Crippen LogP contribution in [-0.4, -0.2) is 0 Å². The van der Waals surface area contributed by atoms with E-state index in [4.69, 9.17) is 11.0 Å². The summed E-state index contributed by atoms with van der Waals surface area (Å²) in [6, 6.07) is 9.68. The van der Waals surface area contributed by atoms with Crippen LogP contribution in [0.2, 0.25) is 0 Å². The average molecular weight is 188 g/mol. The molecule has 0 amide bonds. The molecule has 0 aliphatic rings. The zero-order valence-electron chi connectivity index (χ0n) is 8.70. The third kappa shape index (κ3) is 2.86. The molecule has 0 radical (unpaired) electrons. The molecule has 1 unspecified atom stereocenters. The molecule has 1 atom stereocenters. The van der Waals surface area contributed by atoms with Gasteiger partial charge in [0.25, 0.3) is 0 Å². The van der Waals surface area contributed by atoms with Crippen molar-refractivity contribution in [2.24, 2.45) is 11.7 Å². The highest BCUT2D eigenvalue weighted by atomic mass is 14.6. The number of rotatable bonds is 3. The van der Waals surface area contributed by atoms with E-state index in [1.807, 2.05) is 24.3 Å². The van der Waals surface area contributed by atoms with E-state index in [0.717, 1.165) is 12.0 Å². The van der Waals surface area contributed by atoms with Crippen molar-refractivity contribution in [1.29, 1.82) is 5.26 Å². The molecule has 2 nitrogen and oxygen atoms in total. The number of benzene rings is 1. The zero-order valence-corrected chi connectivity index (χ0v) is 8.70. The monoisotopic (exact) mass is 188 g/mol. The van der Waals surface area contributed by atoms with Crippen LogP contribution < -0.4 is 5.73 Å². The summed E-state index contributed by atoms with van der Waals surface area (Å²) in [5, 5.41) is 8.63. The zero-order chi connectivity index (χ0) is 10.6. The summed E-state index contributed by atoms with van der Waals surface area (Å²) < 4.78 is 0. The van der Waals surface area contributed by atoms with Crippen molar-refractivity contribution in [3.8, 4) is 6.07 Å². The highest BCUT2D eigenvalue weighted by molar-refractivity contribution is 5.32. The molecule has 2 heteroatoms. The quantitative estimate of drug-likeness (QED) is 0.792. The third-order valence-corrected chi connectivity index (χ3v) is 2.19. The van der Waals surface area contributed by atoms with E-state index in [-0.39, 0.29) is 6.04 Å². The predicted molar refractivity (Wildman–Crippen MR) is 57.5 cm³/mol. The van der Waals surface area contributed by atoms with E-state index in [9.17, 15) is 0 Å². The normalized spacial score (nSPS) is 12.5. The van der Waals surface area contributed by atoms with Gasteiger partial charge in [-0.05, 0) is 30.0 Å². The Kier molecular flexibility index (Phi) is 3.67. The van der Waals surface area contributed by atoms with Crippen LogP contribution in [0.25, 0.3) is 0 Å². The average Bonchev–Trinajstić information content (AvgIpc) is 2.17. The molecule has 0 aromatic heterocycles. The number of hydrogen-bond acceptors (Lipinski definition) is 2. The van der Waals surface area contributed by atoms with Crippen molar-refractivity contribution in [3.63, 3.8) is 0 Å². The predicted octanol–water partition coefficient (Wildman–Crippen LogP) is 2.60. The number of nitrogens with zero attached hydrogens (tertiary/aromatic N) is 1. The number of nitrogens with two attached hydrogens (primary N) is 1. The molecule has 0 bridgehead atoms. The number of hydrogen-bond donors (Lipinski definition) is 1. The van der Waals surface area contributed by atoms with Gasteiger partial charge in [-0.2, -0.15) is 5.26 Å². The Bertz CT molecular complexity index is 319. The summed E-state index contributed by atoms with van der Waals surface area (Å²) >= 11 is 0. The maximum Gasteiger partial charge on any atom is 0.0991 e. The summed E-state index contributed by atoms with van der Waals surface area (Å²) in [6.07, 6.45) is 0.978. The summed E-state index contributed by atoms with van der Waals surface area (Å²) in [5.74, 6) is 0.598. The molecule has 0 spiro atoms. The molecule has 1 aromatic rings. The van der Waals surface area contributed by atoms with Crippen LogP contribution in [0.3, 0.4) is 0 Å². The molecule has 1 rings (SSSR count). The lowest BCUT2D eigenvalue weighted by Crippen LogP contribution is -2.12. The molecular formula is C12H16N2. The Morgan fingerprint density at radius 1 is 1.29 bits per heavy atom. The summed E-state index contributed by atoms with van der Waals surface area (Å²) in [6.45, 7) is 4.31. The van der Waals surface area contributed by atoms with Gasteiger partial charge in [-0.3, -0.25) is 0 Å². The summed E-state index contributed by atoms with van der Waals surface area (Å²) in [4.78, 5) is 0. The van der Waals surface area contributed by atoms with Crippen molar-refractivity contribution < 1.29 is 0 Å². The topological polar surface area (TPSA) is 49.8 Å². The minimum Gasteiger partial charge on any atom is -0.324 e. The van der Waals surface area contributed by atoms with Gasteiger partial charge in [0.2, 0.25) is 0 Å². The van der Waals surface area contributed by atoms with E-state index in [1.54, 1.807) is 0 Å². The second kappa shape index (κ2) is 4.78. The highest BCUT2D eigenvalue weighted by Crippen LogP contribution is 2.18. The van der Waals surface area contributed by atoms with Crippen molar-refractivity contribution in [3.05, 3.63) is 35.4 Å². The fourth-order valence-corrected chi connectivity index (χ4v) is 1.45. The standard InChI is InChI=1S/C12H16N2/c1-9(2)7-12(14)11-5-3-10(8-13)4-6-11/h3-6,9,12H,7,14H2,1-2H3. The van der Waals surface area contributed by atoms with E-state index in [1.165, 1.54) is 0 Å². The van der Waals surface area contributed by atoms with E-state index in [2.05, 4.69) is 19.9 Å². The molecule has 0 saturated heterocycles. The molecular weight excluding hydrogens is 172 g/mol. The maximum absolute atomic E-state index is 8.63. The third-order valence-electron chi connectivity index (χ3n) is 2.19.